The van der Waals surface area contributed by atoms with E-state index in [4.69, 9.17) is 4.74 Å². The van der Waals surface area contributed by atoms with Gasteiger partial charge in [0.05, 0.1) is 6.54 Å². The van der Waals surface area contributed by atoms with Crippen LogP contribution in [0.5, 0.6) is 0 Å². The molecule has 9 nitrogen and oxygen atoms in total. The molecule has 1 N–H and O–H groups in total. The minimum absolute atomic E-state index is 0.310. The second-order valence-electron chi connectivity index (χ2n) is 7.85. The number of sulfonamides is 1. The number of ether oxygens (including phenoxy) is 1. The van der Waals surface area contributed by atoms with E-state index < -0.39 is 27.8 Å². The first kappa shape index (κ1) is 22.1. The average molecular weight is 459 g/mol. The Kier molecular flexibility index (Phi) is 6.33. The SMILES string of the molecule is Cc1cccc(N2CCN(S(=O)(=O)CC(=O)Nc3cccc(N4CCOC4=O)c3)CC2)c1. The Morgan fingerprint density at radius 1 is 1.00 bits per heavy atom. The van der Waals surface area contributed by atoms with Crippen molar-refractivity contribution in [3.05, 3.63) is 54.1 Å². The minimum atomic E-state index is -3.74. The quantitative estimate of drug-likeness (QED) is 0.711. The monoisotopic (exact) mass is 458 g/mol. The third-order valence-corrected chi connectivity index (χ3v) is 7.29. The third-order valence-electron chi connectivity index (χ3n) is 5.51. The lowest BCUT2D eigenvalue weighted by Gasteiger charge is -2.35. The lowest BCUT2D eigenvalue weighted by molar-refractivity contribution is -0.113. The fraction of sp³-hybridized carbons (Fsp3) is 0.364. The van der Waals surface area contributed by atoms with Crippen LogP contribution in [0.4, 0.5) is 21.9 Å². The smallest absolute Gasteiger partial charge is 0.414 e. The van der Waals surface area contributed by atoms with E-state index in [0.717, 1.165) is 11.3 Å². The van der Waals surface area contributed by atoms with Crippen molar-refractivity contribution in [3.8, 4) is 0 Å². The summed E-state index contributed by atoms with van der Waals surface area (Å²) >= 11 is 0. The number of nitrogens with one attached hydrogen (secondary N) is 1. The highest BCUT2D eigenvalue weighted by atomic mass is 32.2. The number of carbonyl (C=O) groups is 2. The molecule has 2 aromatic carbocycles. The molecular weight excluding hydrogens is 432 g/mol. The number of hydrogen-bond donors (Lipinski definition) is 1. The molecule has 0 aliphatic carbocycles. The molecule has 4 rings (SSSR count). The third kappa shape index (κ3) is 5.03. The van der Waals surface area contributed by atoms with E-state index >= 15 is 0 Å². The molecule has 0 radical (unpaired) electrons. The largest absolute Gasteiger partial charge is 0.447 e. The van der Waals surface area contributed by atoms with E-state index in [1.807, 2.05) is 25.1 Å². The number of piperazine rings is 1. The van der Waals surface area contributed by atoms with E-state index in [0.29, 0.717) is 50.7 Å². The summed E-state index contributed by atoms with van der Waals surface area (Å²) in [5.41, 5.74) is 3.23. The van der Waals surface area contributed by atoms with Gasteiger partial charge < -0.3 is 15.0 Å². The molecule has 2 saturated heterocycles. The van der Waals surface area contributed by atoms with Crippen LogP contribution < -0.4 is 15.1 Å². The Morgan fingerprint density at radius 2 is 1.72 bits per heavy atom. The van der Waals surface area contributed by atoms with Crippen molar-refractivity contribution in [2.45, 2.75) is 6.92 Å². The van der Waals surface area contributed by atoms with Crippen LogP contribution >= 0.6 is 0 Å². The zero-order valence-electron chi connectivity index (χ0n) is 17.9. The summed E-state index contributed by atoms with van der Waals surface area (Å²) in [7, 11) is -3.74. The van der Waals surface area contributed by atoms with Crippen molar-refractivity contribution in [1.29, 1.82) is 0 Å². The Balaban J connectivity index is 1.34. The summed E-state index contributed by atoms with van der Waals surface area (Å²) in [6.07, 6.45) is -0.444. The Labute approximate surface area is 187 Å². The highest BCUT2D eigenvalue weighted by Crippen LogP contribution is 2.23. The van der Waals surface area contributed by atoms with Gasteiger partial charge in [0, 0.05) is 43.2 Å². The van der Waals surface area contributed by atoms with Gasteiger partial charge in [-0.3, -0.25) is 9.69 Å². The fourth-order valence-electron chi connectivity index (χ4n) is 3.88. The van der Waals surface area contributed by atoms with Crippen LogP contribution in [-0.4, -0.2) is 69.8 Å². The summed E-state index contributed by atoms with van der Waals surface area (Å²) in [5.74, 6) is -1.25. The Bertz CT molecular complexity index is 1110. The van der Waals surface area contributed by atoms with Crippen molar-refractivity contribution in [3.63, 3.8) is 0 Å². The van der Waals surface area contributed by atoms with E-state index in [1.54, 1.807) is 24.3 Å². The number of hydrogen-bond acceptors (Lipinski definition) is 6. The van der Waals surface area contributed by atoms with E-state index in [1.165, 1.54) is 9.21 Å². The predicted molar refractivity (Wildman–Crippen MR) is 123 cm³/mol. The van der Waals surface area contributed by atoms with Crippen molar-refractivity contribution in [2.24, 2.45) is 0 Å². The molecule has 2 aromatic rings. The van der Waals surface area contributed by atoms with Crippen LogP contribution in [-0.2, 0) is 19.6 Å². The number of carbonyl (C=O) groups excluding carboxylic acids is 2. The van der Waals surface area contributed by atoms with Gasteiger partial charge in [-0.15, -0.1) is 0 Å². The van der Waals surface area contributed by atoms with Gasteiger partial charge in [0.1, 0.15) is 12.4 Å². The number of cyclic esters (lactones) is 1. The molecule has 0 saturated carbocycles. The molecule has 2 aliphatic heterocycles. The fourth-order valence-corrected chi connectivity index (χ4v) is 5.19. The molecule has 0 bridgehead atoms. The van der Waals surface area contributed by atoms with E-state index in [9.17, 15) is 18.0 Å². The van der Waals surface area contributed by atoms with Gasteiger partial charge in [-0.25, -0.2) is 13.2 Å². The topological polar surface area (TPSA) is 99.3 Å². The van der Waals surface area contributed by atoms with Crippen LogP contribution in [0, 0.1) is 6.92 Å². The molecule has 10 heteroatoms. The number of aryl methyl sites for hydroxylation is 1. The van der Waals surface area contributed by atoms with Gasteiger partial charge in [-0.2, -0.15) is 4.31 Å². The number of anilines is 3. The maximum Gasteiger partial charge on any atom is 0.414 e. The van der Waals surface area contributed by atoms with E-state index in [2.05, 4.69) is 16.3 Å². The number of rotatable bonds is 6. The molecule has 0 aromatic heterocycles. The molecule has 170 valence electrons. The van der Waals surface area contributed by atoms with Crippen LogP contribution in [0.15, 0.2) is 48.5 Å². The summed E-state index contributed by atoms with van der Waals surface area (Å²) in [6.45, 7) is 4.56. The maximum absolute atomic E-state index is 12.8. The first-order valence-electron chi connectivity index (χ1n) is 10.5. The zero-order chi connectivity index (χ0) is 22.7. The normalized spacial score (nSPS) is 17.3. The van der Waals surface area contributed by atoms with Crippen molar-refractivity contribution < 1.29 is 22.7 Å². The molecule has 2 aliphatic rings. The standard InChI is InChI=1S/C22H26N4O5S/c1-17-4-2-6-19(14-17)24-8-10-25(11-9-24)32(29,30)16-21(27)23-18-5-3-7-20(15-18)26-12-13-31-22(26)28/h2-7,14-15H,8-13,16H2,1H3,(H,23,27). The highest BCUT2D eigenvalue weighted by Gasteiger charge is 2.29. The summed E-state index contributed by atoms with van der Waals surface area (Å²) in [5, 5.41) is 2.62. The second-order valence-corrected chi connectivity index (χ2v) is 9.81. The van der Waals surface area contributed by atoms with Gasteiger partial charge in [-0.1, -0.05) is 18.2 Å². The van der Waals surface area contributed by atoms with Crippen molar-refractivity contribution in [1.82, 2.24) is 4.31 Å². The van der Waals surface area contributed by atoms with Crippen LogP contribution in [0.2, 0.25) is 0 Å². The van der Waals surface area contributed by atoms with Crippen molar-refractivity contribution in [2.75, 3.05) is 60.2 Å². The minimum Gasteiger partial charge on any atom is -0.447 e. The second kappa shape index (κ2) is 9.17. The predicted octanol–water partition coefficient (Wildman–Crippen LogP) is 2.04. The first-order chi connectivity index (χ1) is 15.3. The van der Waals surface area contributed by atoms with Gasteiger partial charge in [0.15, 0.2) is 0 Å². The molecule has 0 unspecified atom stereocenters. The van der Waals surface area contributed by atoms with Crippen molar-refractivity contribution >= 4 is 39.1 Å². The maximum atomic E-state index is 12.8. The molecule has 0 spiro atoms. The molecule has 2 heterocycles. The first-order valence-corrected chi connectivity index (χ1v) is 12.1. The number of amides is 2. The van der Waals surface area contributed by atoms with Crippen LogP contribution in [0.1, 0.15) is 5.56 Å². The van der Waals surface area contributed by atoms with Crippen LogP contribution in [0.25, 0.3) is 0 Å². The lowest BCUT2D eigenvalue weighted by atomic mass is 10.2. The summed E-state index contributed by atoms with van der Waals surface area (Å²) < 4.78 is 31.9. The van der Waals surface area contributed by atoms with E-state index in [-0.39, 0.29) is 0 Å². The van der Waals surface area contributed by atoms with Crippen LogP contribution in [0.3, 0.4) is 0 Å². The summed E-state index contributed by atoms with van der Waals surface area (Å²) in [6, 6.07) is 14.8. The molecule has 0 atom stereocenters. The lowest BCUT2D eigenvalue weighted by Crippen LogP contribution is -2.50. The number of nitrogens with zero attached hydrogens (tertiary/aromatic N) is 3. The number of benzene rings is 2. The molecular formula is C22H26N4O5S. The van der Waals surface area contributed by atoms with Gasteiger partial charge in [-0.05, 0) is 42.8 Å². The Morgan fingerprint density at radius 3 is 2.41 bits per heavy atom. The highest BCUT2D eigenvalue weighted by molar-refractivity contribution is 7.89. The molecule has 32 heavy (non-hydrogen) atoms. The van der Waals surface area contributed by atoms with Gasteiger partial charge in [0.25, 0.3) is 0 Å². The Hall–Kier alpha value is -3.11. The molecule has 2 amide bonds. The molecule has 2 fully saturated rings. The zero-order valence-corrected chi connectivity index (χ0v) is 18.7. The summed E-state index contributed by atoms with van der Waals surface area (Å²) in [4.78, 5) is 27.8. The average Bonchev–Trinajstić information content (AvgIpc) is 3.19. The van der Waals surface area contributed by atoms with Gasteiger partial charge in [0.2, 0.25) is 15.9 Å². The van der Waals surface area contributed by atoms with Gasteiger partial charge >= 0.3 is 6.09 Å².